The van der Waals surface area contributed by atoms with Gasteiger partial charge in [-0.25, -0.2) is 0 Å². The van der Waals surface area contributed by atoms with E-state index in [0.717, 1.165) is 5.56 Å². The number of alkyl halides is 2. The minimum absolute atomic E-state index is 0.0929. The number of hydrogen-bond donors (Lipinski definition) is 1. The second-order valence-corrected chi connectivity index (χ2v) is 5.73. The van der Waals surface area contributed by atoms with Crippen LogP contribution in [0.1, 0.15) is 22.8 Å². The van der Waals surface area contributed by atoms with Crippen molar-refractivity contribution >= 4 is 17.5 Å². The molecule has 0 heterocycles. The maximum absolute atomic E-state index is 12.5. The minimum Gasteiger partial charge on any atom is -0.493 e. The molecule has 27 heavy (non-hydrogen) atoms. The van der Waals surface area contributed by atoms with Crippen LogP contribution < -0.4 is 14.8 Å². The number of carbonyl (C=O) groups is 2. The predicted octanol–water partition coefficient (Wildman–Crippen LogP) is 3.53. The topological polar surface area (TPSA) is 67.9 Å². The van der Waals surface area contributed by atoms with E-state index in [4.69, 9.17) is 4.74 Å². The van der Waals surface area contributed by atoms with Gasteiger partial charge in [-0.05, 0) is 29.8 Å². The Bertz CT molecular complexity index is 827. The SMILES string of the molecule is COc1ccc(C(=O)Nc2ccccc2CN(C)C(C)=O)cc1OC(F)F. The van der Waals surface area contributed by atoms with Crippen molar-refractivity contribution in [2.24, 2.45) is 0 Å². The number of para-hydroxylation sites is 1. The van der Waals surface area contributed by atoms with Gasteiger partial charge in [0.25, 0.3) is 5.91 Å². The third kappa shape index (κ3) is 5.40. The number of nitrogens with one attached hydrogen (secondary N) is 1. The minimum atomic E-state index is -3.04. The Hall–Kier alpha value is -3.16. The molecule has 0 saturated carbocycles. The standard InChI is InChI=1S/C19H20F2N2O4/c1-12(24)23(2)11-14-6-4-5-7-15(14)22-18(25)13-8-9-16(26-3)17(10-13)27-19(20)21/h4-10,19H,11H2,1-3H3,(H,22,25). The molecule has 2 aromatic rings. The molecule has 0 spiro atoms. The Balaban J connectivity index is 2.24. The van der Waals surface area contributed by atoms with Crippen molar-refractivity contribution in [2.75, 3.05) is 19.5 Å². The Kier molecular flexibility index (Phi) is 6.70. The first-order valence-corrected chi connectivity index (χ1v) is 8.05. The highest BCUT2D eigenvalue weighted by Crippen LogP contribution is 2.30. The number of halogens is 2. The van der Waals surface area contributed by atoms with E-state index in [-0.39, 0.29) is 23.0 Å². The zero-order chi connectivity index (χ0) is 20.0. The molecule has 8 heteroatoms. The molecule has 0 aliphatic rings. The second kappa shape index (κ2) is 8.98. The largest absolute Gasteiger partial charge is 0.493 e. The maximum atomic E-state index is 12.5. The lowest BCUT2D eigenvalue weighted by Crippen LogP contribution is -2.24. The molecule has 2 rings (SSSR count). The average molecular weight is 378 g/mol. The fraction of sp³-hybridized carbons (Fsp3) is 0.263. The molecule has 144 valence electrons. The first kappa shape index (κ1) is 20.2. The Morgan fingerprint density at radius 1 is 1.15 bits per heavy atom. The number of amides is 2. The van der Waals surface area contributed by atoms with E-state index in [1.165, 1.54) is 37.1 Å². The Labute approximate surface area is 155 Å². The van der Waals surface area contributed by atoms with Crippen molar-refractivity contribution < 1.29 is 27.8 Å². The Morgan fingerprint density at radius 3 is 2.48 bits per heavy atom. The van der Waals surface area contributed by atoms with Gasteiger partial charge in [-0.2, -0.15) is 8.78 Å². The average Bonchev–Trinajstić information content (AvgIpc) is 2.62. The monoisotopic (exact) mass is 378 g/mol. The van der Waals surface area contributed by atoms with Gasteiger partial charge in [-0.3, -0.25) is 9.59 Å². The van der Waals surface area contributed by atoms with Crippen LogP contribution in [0.2, 0.25) is 0 Å². The van der Waals surface area contributed by atoms with Crippen LogP contribution in [0.4, 0.5) is 14.5 Å². The number of rotatable bonds is 7. The number of ether oxygens (including phenoxy) is 2. The fourth-order valence-electron chi connectivity index (χ4n) is 2.35. The van der Waals surface area contributed by atoms with Gasteiger partial charge in [0.1, 0.15) is 0 Å². The summed E-state index contributed by atoms with van der Waals surface area (Å²) < 4.78 is 34.4. The van der Waals surface area contributed by atoms with E-state index >= 15 is 0 Å². The summed E-state index contributed by atoms with van der Waals surface area (Å²) in [5, 5.41) is 2.73. The highest BCUT2D eigenvalue weighted by Gasteiger charge is 2.16. The van der Waals surface area contributed by atoms with Gasteiger partial charge in [0.15, 0.2) is 11.5 Å². The zero-order valence-corrected chi connectivity index (χ0v) is 15.2. The lowest BCUT2D eigenvalue weighted by Gasteiger charge is -2.18. The molecule has 0 aliphatic carbocycles. The lowest BCUT2D eigenvalue weighted by atomic mass is 10.1. The van der Waals surface area contributed by atoms with Crippen LogP contribution in [-0.4, -0.2) is 37.5 Å². The van der Waals surface area contributed by atoms with Crippen molar-refractivity contribution in [2.45, 2.75) is 20.1 Å². The summed E-state index contributed by atoms with van der Waals surface area (Å²) in [5.74, 6) is -0.755. The molecule has 2 aromatic carbocycles. The molecule has 0 aromatic heterocycles. The van der Waals surface area contributed by atoms with Gasteiger partial charge < -0.3 is 19.7 Å². The molecule has 2 amide bonds. The normalized spacial score (nSPS) is 10.4. The van der Waals surface area contributed by atoms with Gasteiger partial charge in [-0.1, -0.05) is 18.2 Å². The molecule has 6 nitrogen and oxygen atoms in total. The molecular weight excluding hydrogens is 358 g/mol. The van der Waals surface area contributed by atoms with E-state index in [9.17, 15) is 18.4 Å². The van der Waals surface area contributed by atoms with Crippen LogP contribution in [0, 0.1) is 0 Å². The summed E-state index contributed by atoms with van der Waals surface area (Å²) >= 11 is 0. The molecular formula is C19H20F2N2O4. The number of anilines is 1. The van der Waals surface area contributed by atoms with Crippen LogP contribution in [-0.2, 0) is 11.3 Å². The first-order chi connectivity index (χ1) is 12.8. The molecule has 1 N–H and O–H groups in total. The van der Waals surface area contributed by atoms with Crippen LogP contribution >= 0.6 is 0 Å². The van der Waals surface area contributed by atoms with Crippen molar-refractivity contribution in [3.05, 3.63) is 53.6 Å². The molecule has 0 fully saturated rings. The summed E-state index contributed by atoms with van der Waals surface area (Å²) in [6.45, 7) is -1.28. The quantitative estimate of drug-likeness (QED) is 0.800. The maximum Gasteiger partial charge on any atom is 0.387 e. The zero-order valence-electron chi connectivity index (χ0n) is 15.2. The van der Waals surface area contributed by atoms with E-state index in [2.05, 4.69) is 10.1 Å². The highest BCUT2D eigenvalue weighted by molar-refractivity contribution is 6.05. The van der Waals surface area contributed by atoms with E-state index in [0.29, 0.717) is 12.2 Å². The molecule has 0 aliphatic heterocycles. The van der Waals surface area contributed by atoms with Gasteiger partial charge in [0.05, 0.1) is 7.11 Å². The third-order valence-corrected chi connectivity index (χ3v) is 3.85. The summed E-state index contributed by atoms with van der Waals surface area (Å²) in [5.41, 5.74) is 1.38. The number of methoxy groups -OCH3 is 1. The van der Waals surface area contributed by atoms with Crippen molar-refractivity contribution in [3.8, 4) is 11.5 Å². The number of carbonyl (C=O) groups excluding carboxylic acids is 2. The molecule has 0 bridgehead atoms. The highest BCUT2D eigenvalue weighted by atomic mass is 19.3. The van der Waals surface area contributed by atoms with Crippen LogP contribution in [0.25, 0.3) is 0 Å². The molecule has 0 unspecified atom stereocenters. The van der Waals surface area contributed by atoms with Crippen LogP contribution in [0.3, 0.4) is 0 Å². The van der Waals surface area contributed by atoms with E-state index in [1.54, 1.807) is 31.3 Å². The summed E-state index contributed by atoms with van der Waals surface area (Å²) in [6, 6.07) is 11.0. The fourth-order valence-corrected chi connectivity index (χ4v) is 2.35. The number of hydrogen-bond acceptors (Lipinski definition) is 4. The molecule has 0 atom stereocenters. The predicted molar refractivity (Wildman–Crippen MR) is 96.2 cm³/mol. The van der Waals surface area contributed by atoms with E-state index in [1.807, 2.05) is 0 Å². The first-order valence-electron chi connectivity index (χ1n) is 8.05. The second-order valence-electron chi connectivity index (χ2n) is 5.73. The Morgan fingerprint density at radius 2 is 1.85 bits per heavy atom. The number of nitrogens with zero attached hydrogens (tertiary/aromatic N) is 1. The summed E-state index contributed by atoms with van der Waals surface area (Å²) in [7, 11) is 2.97. The van der Waals surface area contributed by atoms with Gasteiger partial charge >= 0.3 is 6.61 Å². The lowest BCUT2D eigenvalue weighted by molar-refractivity contribution is -0.128. The smallest absolute Gasteiger partial charge is 0.387 e. The number of benzene rings is 2. The summed E-state index contributed by atoms with van der Waals surface area (Å²) in [4.78, 5) is 25.5. The third-order valence-electron chi connectivity index (χ3n) is 3.85. The van der Waals surface area contributed by atoms with Crippen LogP contribution in [0.15, 0.2) is 42.5 Å². The molecule has 0 saturated heterocycles. The van der Waals surface area contributed by atoms with Crippen LogP contribution in [0.5, 0.6) is 11.5 Å². The van der Waals surface area contributed by atoms with Gasteiger partial charge in [0.2, 0.25) is 5.91 Å². The van der Waals surface area contributed by atoms with Gasteiger partial charge in [0, 0.05) is 31.8 Å². The van der Waals surface area contributed by atoms with E-state index < -0.39 is 12.5 Å². The van der Waals surface area contributed by atoms with Crippen molar-refractivity contribution in [1.29, 1.82) is 0 Å². The summed E-state index contributed by atoms with van der Waals surface area (Å²) in [6.07, 6.45) is 0. The van der Waals surface area contributed by atoms with Crippen molar-refractivity contribution in [3.63, 3.8) is 0 Å². The van der Waals surface area contributed by atoms with Crippen molar-refractivity contribution in [1.82, 2.24) is 4.90 Å². The van der Waals surface area contributed by atoms with Gasteiger partial charge in [-0.15, -0.1) is 0 Å². The molecule has 0 radical (unpaired) electrons.